The molecule has 0 bridgehead atoms. The highest BCUT2D eigenvalue weighted by atomic mass is 16.5. The van der Waals surface area contributed by atoms with Crippen molar-refractivity contribution in [2.24, 2.45) is 0 Å². The van der Waals surface area contributed by atoms with E-state index in [1.54, 1.807) is 31.4 Å². The summed E-state index contributed by atoms with van der Waals surface area (Å²) in [6.45, 7) is 3.89. The lowest BCUT2D eigenvalue weighted by atomic mass is 10.1. The second-order valence-corrected chi connectivity index (χ2v) is 6.17. The molecule has 1 aromatic heterocycles. The van der Waals surface area contributed by atoms with Gasteiger partial charge in [0.05, 0.1) is 19.0 Å². The summed E-state index contributed by atoms with van der Waals surface area (Å²) in [6, 6.07) is 16.5. The van der Waals surface area contributed by atoms with Gasteiger partial charge in [-0.1, -0.05) is 24.3 Å². The second kappa shape index (κ2) is 8.90. The molecule has 2 aromatic carbocycles. The maximum absolute atomic E-state index is 12.1. The van der Waals surface area contributed by atoms with Crippen molar-refractivity contribution in [1.82, 2.24) is 4.98 Å². The summed E-state index contributed by atoms with van der Waals surface area (Å²) in [5.41, 5.74) is 2.70. The molecule has 6 nitrogen and oxygen atoms in total. The molecule has 0 atom stereocenters. The van der Waals surface area contributed by atoms with E-state index >= 15 is 0 Å². The van der Waals surface area contributed by atoms with E-state index in [2.05, 4.69) is 10.3 Å². The highest BCUT2D eigenvalue weighted by molar-refractivity contribution is 5.91. The Hall–Kier alpha value is -3.54. The van der Waals surface area contributed by atoms with Gasteiger partial charge in [0, 0.05) is 6.07 Å². The Morgan fingerprint density at radius 3 is 2.43 bits per heavy atom. The molecule has 1 heterocycles. The number of aromatic nitrogens is 1. The number of nitrogens with zero attached hydrogens (tertiary/aromatic N) is 1. The lowest BCUT2D eigenvalue weighted by molar-refractivity contribution is -0.118. The van der Waals surface area contributed by atoms with E-state index in [4.69, 9.17) is 14.2 Å². The number of carbonyl (C=O) groups is 1. The maximum atomic E-state index is 12.1. The Labute approximate surface area is 164 Å². The molecular formula is C22H22N2O4. The van der Waals surface area contributed by atoms with Crippen molar-refractivity contribution in [3.05, 3.63) is 71.9 Å². The summed E-state index contributed by atoms with van der Waals surface area (Å²) in [5, 5.41) is 2.75. The Morgan fingerprint density at radius 1 is 0.964 bits per heavy atom. The van der Waals surface area contributed by atoms with E-state index < -0.39 is 0 Å². The van der Waals surface area contributed by atoms with Crippen LogP contribution < -0.4 is 19.5 Å². The molecule has 6 heteroatoms. The van der Waals surface area contributed by atoms with Gasteiger partial charge >= 0.3 is 0 Å². The topological polar surface area (TPSA) is 69.7 Å². The van der Waals surface area contributed by atoms with Crippen molar-refractivity contribution >= 4 is 11.6 Å². The van der Waals surface area contributed by atoms with Gasteiger partial charge in [-0.3, -0.25) is 4.79 Å². The molecule has 0 saturated carbocycles. The molecule has 0 fully saturated rings. The maximum Gasteiger partial charge on any atom is 0.262 e. The van der Waals surface area contributed by atoms with Crippen LogP contribution in [0.3, 0.4) is 0 Å². The number of hydrogen-bond acceptors (Lipinski definition) is 5. The van der Waals surface area contributed by atoms with E-state index in [1.807, 2.05) is 44.2 Å². The number of hydrogen-bond donors (Lipinski definition) is 1. The third-order valence-electron chi connectivity index (χ3n) is 4.22. The van der Waals surface area contributed by atoms with Crippen LogP contribution in [-0.2, 0) is 4.79 Å². The van der Waals surface area contributed by atoms with E-state index in [-0.39, 0.29) is 12.5 Å². The van der Waals surface area contributed by atoms with Crippen LogP contribution in [0.15, 0.2) is 60.8 Å². The molecule has 0 unspecified atom stereocenters. The number of amides is 1. The molecular weight excluding hydrogens is 356 g/mol. The van der Waals surface area contributed by atoms with Crippen LogP contribution >= 0.6 is 0 Å². The number of methoxy groups -OCH3 is 1. The first-order valence-electron chi connectivity index (χ1n) is 8.82. The van der Waals surface area contributed by atoms with Crippen LogP contribution in [0.5, 0.6) is 23.1 Å². The van der Waals surface area contributed by atoms with Crippen LogP contribution in [0.2, 0.25) is 0 Å². The highest BCUT2D eigenvalue weighted by Crippen LogP contribution is 2.30. The average Bonchev–Trinajstić information content (AvgIpc) is 2.71. The monoisotopic (exact) mass is 378 g/mol. The number of aryl methyl sites for hydroxylation is 1. The van der Waals surface area contributed by atoms with Gasteiger partial charge in [0.1, 0.15) is 5.75 Å². The summed E-state index contributed by atoms with van der Waals surface area (Å²) in [4.78, 5) is 16.3. The lowest BCUT2D eigenvalue weighted by Gasteiger charge is -2.11. The van der Waals surface area contributed by atoms with Crippen LogP contribution in [0.25, 0.3) is 0 Å². The van der Waals surface area contributed by atoms with Crippen LogP contribution in [-0.4, -0.2) is 24.6 Å². The summed E-state index contributed by atoms with van der Waals surface area (Å²) < 4.78 is 16.6. The third-order valence-corrected chi connectivity index (χ3v) is 4.22. The van der Waals surface area contributed by atoms with Gasteiger partial charge < -0.3 is 19.5 Å². The van der Waals surface area contributed by atoms with Gasteiger partial charge in [0.25, 0.3) is 5.91 Å². The minimum Gasteiger partial charge on any atom is -0.493 e. The van der Waals surface area contributed by atoms with Crippen molar-refractivity contribution in [1.29, 1.82) is 0 Å². The molecule has 0 saturated heterocycles. The number of benzene rings is 2. The Bertz CT molecular complexity index is 955. The highest BCUT2D eigenvalue weighted by Gasteiger charge is 2.08. The summed E-state index contributed by atoms with van der Waals surface area (Å²) in [6.07, 6.45) is 1.53. The molecule has 3 rings (SSSR count). The standard InChI is InChI=1S/C22H22N2O4/c1-15-7-6-10-18(16(15)2)27-14-21(25)24-17-11-12-22(23-13-17)28-20-9-5-4-8-19(20)26-3/h4-13H,14H2,1-3H3,(H,24,25). The smallest absolute Gasteiger partial charge is 0.262 e. The first kappa shape index (κ1) is 19.2. The third kappa shape index (κ3) is 4.79. The minimum atomic E-state index is -0.263. The summed E-state index contributed by atoms with van der Waals surface area (Å²) >= 11 is 0. The van der Waals surface area contributed by atoms with Gasteiger partial charge in [-0.05, 0) is 49.2 Å². The molecule has 3 aromatic rings. The van der Waals surface area contributed by atoms with Crippen molar-refractivity contribution < 1.29 is 19.0 Å². The zero-order valence-electron chi connectivity index (χ0n) is 16.1. The fraction of sp³-hybridized carbons (Fsp3) is 0.182. The van der Waals surface area contributed by atoms with Crippen LogP contribution in [0, 0.1) is 13.8 Å². The number of ether oxygens (including phenoxy) is 3. The van der Waals surface area contributed by atoms with Crippen LogP contribution in [0.1, 0.15) is 11.1 Å². The molecule has 0 aliphatic heterocycles. The number of carbonyl (C=O) groups excluding carboxylic acids is 1. The predicted molar refractivity (Wildman–Crippen MR) is 107 cm³/mol. The van der Waals surface area contributed by atoms with Crippen molar-refractivity contribution in [2.45, 2.75) is 13.8 Å². The van der Waals surface area contributed by atoms with Gasteiger partial charge in [0.2, 0.25) is 5.88 Å². The van der Waals surface area contributed by atoms with Gasteiger partial charge in [-0.15, -0.1) is 0 Å². The molecule has 0 radical (unpaired) electrons. The van der Waals surface area contributed by atoms with Crippen LogP contribution in [0.4, 0.5) is 5.69 Å². The Morgan fingerprint density at radius 2 is 1.71 bits per heavy atom. The fourth-order valence-corrected chi connectivity index (χ4v) is 2.55. The van der Waals surface area contributed by atoms with E-state index in [0.29, 0.717) is 28.8 Å². The zero-order valence-corrected chi connectivity index (χ0v) is 16.1. The summed E-state index contributed by atoms with van der Waals surface area (Å²) in [7, 11) is 1.58. The molecule has 28 heavy (non-hydrogen) atoms. The first-order valence-corrected chi connectivity index (χ1v) is 8.82. The van der Waals surface area contributed by atoms with E-state index in [1.165, 1.54) is 6.20 Å². The number of rotatable bonds is 7. The lowest BCUT2D eigenvalue weighted by Crippen LogP contribution is -2.20. The van der Waals surface area contributed by atoms with Gasteiger partial charge in [-0.25, -0.2) is 4.98 Å². The van der Waals surface area contributed by atoms with Crippen molar-refractivity contribution in [2.75, 3.05) is 19.0 Å². The minimum absolute atomic E-state index is 0.0796. The first-order chi connectivity index (χ1) is 13.6. The number of pyridine rings is 1. The zero-order chi connectivity index (χ0) is 19.9. The van der Waals surface area contributed by atoms with E-state index in [0.717, 1.165) is 11.1 Å². The molecule has 1 N–H and O–H groups in total. The average molecular weight is 378 g/mol. The Balaban J connectivity index is 1.56. The normalized spacial score (nSPS) is 10.2. The van der Waals surface area contributed by atoms with Crippen molar-refractivity contribution in [3.8, 4) is 23.1 Å². The molecule has 0 aliphatic carbocycles. The van der Waals surface area contributed by atoms with Gasteiger partial charge in [0.15, 0.2) is 18.1 Å². The predicted octanol–water partition coefficient (Wildman–Crippen LogP) is 4.52. The number of nitrogens with one attached hydrogen (secondary N) is 1. The molecule has 0 spiro atoms. The van der Waals surface area contributed by atoms with Crippen molar-refractivity contribution in [3.63, 3.8) is 0 Å². The largest absolute Gasteiger partial charge is 0.493 e. The molecule has 0 aliphatic rings. The Kier molecular flexibility index (Phi) is 6.11. The second-order valence-electron chi connectivity index (χ2n) is 6.17. The van der Waals surface area contributed by atoms with E-state index in [9.17, 15) is 4.79 Å². The molecule has 1 amide bonds. The SMILES string of the molecule is COc1ccccc1Oc1ccc(NC(=O)COc2cccc(C)c2C)cn1. The number of anilines is 1. The van der Waals surface area contributed by atoms with Gasteiger partial charge in [-0.2, -0.15) is 0 Å². The number of para-hydroxylation sites is 2. The quantitative estimate of drug-likeness (QED) is 0.655. The fourth-order valence-electron chi connectivity index (χ4n) is 2.55. The molecule has 144 valence electrons. The summed E-state index contributed by atoms with van der Waals surface area (Å²) in [5.74, 6) is 2.02.